The lowest BCUT2D eigenvalue weighted by atomic mass is 9.48. The third kappa shape index (κ3) is 5.57. The maximum absolute atomic E-state index is 13.4. The second-order valence-corrected chi connectivity index (χ2v) is 11.8. The van der Waals surface area contributed by atoms with E-state index in [1.54, 1.807) is 0 Å². The van der Waals surface area contributed by atoms with Crippen LogP contribution < -0.4 is 5.32 Å². The van der Waals surface area contributed by atoms with Crippen LogP contribution in [0, 0.1) is 34.5 Å². The number of halogens is 6. The predicted molar refractivity (Wildman–Crippen MR) is 128 cm³/mol. The SMILES string of the molecule is COC(=O)C1=CC2=CC[C@H]3[C@@H]4CC[C@H](C(=O)N(CC(F)(F)F)C(=O)NCC(F)(F)F)[C@@]4(C)CC[C@@H]3[C@@]2(C)CC1. The number of nitrogens with one attached hydrogen (secondary N) is 1. The number of carbonyl (C=O) groups excluding carboxylic acids is 3. The predicted octanol–water partition coefficient (Wildman–Crippen LogP) is 5.94. The van der Waals surface area contributed by atoms with Gasteiger partial charge in [-0.25, -0.2) is 9.59 Å². The molecule has 6 atom stereocenters. The quantitative estimate of drug-likeness (QED) is 0.339. The fourth-order valence-electron chi connectivity index (χ4n) is 7.91. The number of fused-ring (bicyclic) bond motifs is 5. The van der Waals surface area contributed by atoms with Crippen molar-refractivity contribution in [3.05, 3.63) is 23.3 Å². The van der Waals surface area contributed by atoms with Gasteiger partial charge >= 0.3 is 24.4 Å². The highest BCUT2D eigenvalue weighted by Crippen LogP contribution is 2.66. The minimum absolute atomic E-state index is 0.0109. The second kappa shape index (κ2) is 10.1. The van der Waals surface area contributed by atoms with E-state index in [1.165, 1.54) is 12.4 Å². The van der Waals surface area contributed by atoms with Crippen LogP contribution in [0.4, 0.5) is 31.1 Å². The summed E-state index contributed by atoms with van der Waals surface area (Å²) in [5.41, 5.74) is 0.835. The van der Waals surface area contributed by atoms with Gasteiger partial charge in [-0.2, -0.15) is 26.3 Å². The number of amides is 3. The molecule has 4 aliphatic carbocycles. The molecule has 2 fully saturated rings. The molecule has 4 aliphatic rings. The lowest BCUT2D eigenvalue weighted by Crippen LogP contribution is -2.55. The average Bonchev–Trinajstić information content (AvgIpc) is 3.20. The first kappa shape index (κ1) is 29.5. The van der Waals surface area contributed by atoms with Crippen LogP contribution in [-0.2, 0) is 14.3 Å². The topological polar surface area (TPSA) is 75.7 Å². The standard InChI is InChI=1S/C27H34F6N2O4/c1-24-10-8-15(22(37)39-3)12-16(24)4-5-17-18-6-7-20(25(18,2)11-9-19(17)24)21(36)35(14-27(31,32)33)23(38)34-13-26(28,29)30/h4,12,17-20H,5-11,13-14H2,1-3H3,(H,34,38)/t17-,18-,19-,20+,24-,25-/m0/s1. The summed E-state index contributed by atoms with van der Waals surface area (Å²) < 4.78 is 82.6. The van der Waals surface area contributed by atoms with Crippen LogP contribution in [0.3, 0.4) is 0 Å². The van der Waals surface area contributed by atoms with Gasteiger partial charge in [0.05, 0.1) is 7.11 Å². The number of methoxy groups -OCH3 is 1. The number of rotatable bonds is 4. The van der Waals surface area contributed by atoms with E-state index in [9.17, 15) is 40.7 Å². The molecule has 0 bridgehead atoms. The van der Waals surface area contributed by atoms with Crippen LogP contribution in [-0.4, -0.2) is 55.4 Å². The van der Waals surface area contributed by atoms with Crippen molar-refractivity contribution in [2.75, 3.05) is 20.2 Å². The van der Waals surface area contributed by atoms with Gasteiger partial charge < -0.3 is 10.1 Å². The number of imide groups is 1. The number of carbonyl (C=O) groups is 3. The molecule has 4 rings (SSSR count). The smallest absolute Gasteiger partial charge is 0.406 e. The monoisotopic (exact) mass is 564 g/mol. The molecular weight excluding hydrogens is 530 g/mol. The van der Waals surface area contributed by atoms with Gasteiger partial charge in [0, 0.05) is 11.5 Å². The minimum Gasteiger partial charge on any atom is -0.466 e. The molecular formula is C27H34F6N2O4. The summed E-state index contributed by atoms with van der Waals surface area (Å²) in [6, 6.07) is -1.69. The number of hydrogen-bond acceptors (Lipinski definition) is 4. The average molecular weight is 565 g/mol. The molecule has 0 spiro atoms. The molecule has 3 amide bonds. The maximum atomic E-state index is 13.4. The Labute approximate surface area is 223 Å². The Balaban J connectivity index is 1.57. The van der Waals surface area contributed by atoms with Crippen molar-refractivity contribution >= 4 is 17.9 Å². The lowest BCUT2D eigenvalue weighted by Gasteiger charge is -2.57. The Hall–Kier alpha value is -2.53. The summed E-state index contributed by atoms with van der Waals surface area (Å²) >= 11 is 0. The van der Waals surface area contributed by atoms with Gasteiger partial charge in [-0.1, -0.05) is 19.9 Å². The Bertz CT molecular complexity index is 1080. The van der Waals surface area contributed by atoms with Gasteiger partial charge in [0.25, 0.3) is 0 Å². The molecule has 0 heterocycles. The van der Waals surface area contributed by atoms with Gasteiger partial charge in [-0.15, -0.1) is 0 Å². The first-order valence-corrected chi connectivity index (χ1v) is 13.2. The van der Waals surface area contributed by atoms with Crippen molar-refractivity contribution in [3.63, 3.8) is 0 Å². The number of alkyl halides is 6. The van der Waals surface area contributed by atoms with Crippen molar-refractivity contribution in [2.24, 2.45) is 34.5 Å². The Morgan fingerprint density at radius 1 is 1.03 bits per heavy atom. The molecule has 39 heavy (non-hydrogen) atoms. The van der Waals surface area contributed by atoms with E-state index in [0.717, 1.165) is 18.4 Å². The number of hydrogen-bond donors (Lipinski definition) is 1. The number of allylic oxidation sites excluding steroid dienone is 3. The zero-order chi connectivity index (χ0) is 29.0. The van der Waals surface area contributed by atoms with Crippen LogP contribution in [0.2, 0.25) is 0 Å². The third-order valence-corrected chi connectivity index (χ3v) is 9.80. The molecule has 0 aliphatic heterocycles. The minimum atomic E-state index is -4.96. The molecule has 2 saturated carbocycles. The lowest BCUT2D eigenvalue weighted by molar-refractivity contribution is -0.162. The van der Waals surface area contributed by atoms with E-state index in [-0.39, 0.29) is 40.5 Å². The van der Waals surface area contributed by atoms with Crippen LogP contribution >= 0.6 is 0 Å². The van der Waals surface area contributed by atoms with Crippen LogP contribution in [0.15, 0.2) is 23.3 Å². The largest absolute Gasteiger partial charge is 0.466 e. The van der Waals surface area contributed by atoms with Crippen molar-refractivity contribution in [3.8, 4) is 0 Å². The van der Waals surface area contributed by atoms with Gasteiger partial charge in [0.1, 0.15) is 13.1 Å². The summed E-state index contributed by atoms with van der Waals surface area (Å²) in [6.45, 7) is 0.274. The molecule has 218 valence electrons. The van der Waals surface area contributed by atoms with Crippen LogP contribution in [0.1, 0.15) is 58.8 Å². The molecule has 1 N–H and O–H groups in total. The first-order chi connectivity index (χ1) is 18.0. The molecule has 6 nitrogen and oxygen atoms in total. The summed E-state index contributed by atoms with van der Waals surface area (Å²) in [6.07, 6.45) is -1.62. The van der Waals surface area contributed by atoms with Crippen molar-refractivity contribution in [2.45, 2.75) is 71.1 Å². The van der Waals surface area contributed by atoms with Gasteiger partial charge in [-0.05, 0) is 85.2 Å². The van der Waals surface area contributed by atoms with Gasteiger partial charge in [0.2, 0.25) is 5.91 Å². The number of ether oxygens (including phenoxy) is 1. The number of urea groups is 1. The molecule has 0 aromatic carbocycles. The van der Waals surface area contributed by atoms with Crippen molar-refractivity contribution < 1.29 is 45.5 Å². The van der Waals surface area contributed by atoms with E-state index in [4.69, 9.17) is 4.74 Å². The summed E-state index contributed by atoms with van der Waals surface area (Å²) in [5.74, 6) is -1.90. The van der Waals surface area contributed by atoms with E-state index in [0.29, 0.717) is 31.3 Å². The molecule has 12 heteroatoms. The number of esters is 1. The molecule has 0 radical (unpaired) electrons. The van der Waals surface area contributed by atoms with Crippen molar-refractivity contribution in [1.29, 1.82) is 0 Å². The van der Waals surface area contributed by atoms with Gasteiger partial charge in [0.15, 0.2) is 0 Å². The van der Waals surface area contributed by atoms with Crippen molar-refractivity contribution in [1.82, 2.24) is 10.2 Å². The van der Waals surface area contributed by atoms with E-state index >= 15 is 0 Å². The summed E-state index contributed by atoms with van der Waals surface area (Å²) in [7, 11) is 1.35. The molecule has 0 aromatic rings. The normalized spacial score (nSPS) is 34.1. The summed E-state index contributed by atoms with van der Waals surface area (Å²) in [5, 5.41) is 1.43. The Morgan fingerprint density at radius 2 is 1.72 bits per heavy atom. The zero-order valence-electron chi connectivity index (χ0n) is 22.2. The highest BCUT2D eigenvalue weighted by atomic mass is 19.4. The van der Waals surface area contributed by atoms with Gasteiger partial charge in [-0.3, -0.25) is 9.69 Å². The molecule has 0 aromatic heterocycles. The molecule has 0 unspecified atom stereocenters. The summed E-state index contributed by atoms with van der Waals surface area (Å²) in [4.78, 5) is 37.9. The van der Waals surface area contributed by atoms with E-state index in [1.807, 2.05) is 13.0 Å². The first-order valence-electron chi connectivity index (χ1n) is 13.2. The Kier molecular flexibility index (Phi) is 7.66. The van der Waals surface area contributed by atoms with E-state index < -0.39 is 48.7 Å². The van der Waals surface area contributed by atoms with E-state index in [2.05, 4.69) is 13.0 Å². The maximum Gasteiger partial charge on any atom is 0.406 e. The Morgan fingerprint density at radius 3 is 2.33 bits per heavy atom. The fraction of sp³-hybridized carbons (Fsp3) is 0.741. The second-order valence-electron chi connectivity index (χ2n) is 11.8. The zero-order valence-corrected chi connectivity index (χ0v) is 22.2. The highest BCUT2D eigenvalue weighted by molar-refractivity contribution is 5.96. The van der Waals surface area contributed by atoms with Crippen LogP contribution in [0.25, 0.3) is 0 Å². The molecule has 0 saturated heterocycles. The highest BCUT2D eigenvalue weighted by Gasteiger charge is 2.60. The number of nitrogens with zero attached hydrogens (tertiary/aromatic N) is 1. The fourth-order valence-corrected chi connectivity index (χ4v) is 7.91. The third-order valence-electron chi connectivity index (χ3n) is 9.80. The van der Waals surface area contributed by atoms with Crippen LogP contribution in [0.5, 0.6) is 0 Å².